The number of hydrogen-bond acceptors (Lipinski definition) is 4. The number of thiophene rings is 1. The summed E-state index contributed by atoms with van der Waals surface area (Å²) in [6.07, 6.45) is 2.13. The van der Waals surface area contributed by atoms with E-state index in [1.807, 2.05) is 18.4 Å². The summed E-state index contributed by atoms with van der Waals surface area (Å²) < 4.78 is 0. The first-order valence-corrected chi connectivity index (χ1v) is 8.41. The molecule has 3 rings (SSSR count). The van der Waals surface area contributed by atoms with Crippen molar-refractivity contribution in [3.05, 3.63) is 22.4 Å². The zero-order chi connectivity index (χ0) is 13.4. The fraction of sp³-hybridized carbons (Fsp3) is 0.538. The van der Waals surface area contributed by atoms with Gasteiger partial charge in [-0.2, -0.15) is 11.3 Å². The van der Waals surface area contributed by atoms with Crippen LogP contribution in [-0.2, 0) is 9.59 Å². The van der Waals surface area contributed by atoms with Crippen LogP contribution < -0.4 is 5.32 Å². The van der Waals surface area contributed by atoms with Crippen LogP contribution in [0.15, 0.2) is 16.8 Å². The summed E-state index contributed by atoms with van der Waals surface area (Å²) in [4.78, 5) is 25.9. The van der Waals surface area contributed by atoms with Crippen molar-refractivity contribution in [1.29, 1.82) is 0 Å². The molecule has 4 nitrogen and oxygen atoms in total. The molecule has 0 aromatic carbocycles. The smallest absolute Gasteiger partial charge is 0.242 e. The molecular weight excluding hydrogens is 280 g/mol. The van der Waals surface area contributed by atoms with Gasteiger partial charge in [0.25, 0.3) is 0 Å². The van der Waals surface area contributed by atoms with E-state index < -0.39 is 6.04 Å². The number of carbonyl (C=O) groups is 2. The summed E-state index contributed by atoms with van der Waals surface area (Å²) in [6.45, 7) is 1.82. The highest BCUT2D eigenvalue weighted by molar-refractivity contribution is 8.00. The van der Waals surface area contributed by atoms with Crippen molar-refractivity contribution in [2.75, 3.05) is 5.75 Å². The van der Waals surface area contributed by atoms with Crippen LogP contribution in [0, 0.1) is 0 Å². The average molecular weight is 296 g/mol. The van der Waals surface area contributed by atoms with Gasteiger partial charge in [0, 0.05) is 6.04 Å². The van der Waals surface area contributed by atoms with Gasteiger partial charge in [0.15, 0.2) is 0 Å². The minimum absolute atomic E-state index is 0.0151. The average Bonchev–Trinajstić information content (AvgIpc) is 2.91. The van der Waals surface area contributed by atoms with Crippen LogP contribution in [0.5, 0.6) is 0 Å². The van der Waals surface area contributed by atoms with Crippen molar-refractivity contribution in [3.8, 4) is 0 Å². The lowest BCUT2D eigenvalue weighted by Gasteiger charge is -2.29. The number of nitrogens with one attached hydrogen (secondary N) is 1. The molecule has 1 N–H and O–H groups in total. The van der Waals surface area contributed by atoms with Gasteiger partial charge in [0.05, 0.1) is 5.75 Å². The van der Waals surface area contributed by atoms with Gasteiger partial charge >= 0.3 is 0 Å². The molecule has 6 heteroatoms. The molecule has 102 valence electrons. The van der Waals surface area contributed by atoms with Crippen LogP contribution in [-0.4, -0.2) is 34.6 Å². The molecular formula is C13H16N2O2S2. The fourth-order valence-corrected chi connectivity index (χ4v) is 4.22. The Morgan fingerprint density at radius 1 is 1.53 bits per heavy atom. The molecule has 1 aliphatic carbocycles. The normalized spacial score (nSPS) is 24.6. The molecule has 2 heterocycles. The number of thioether (sulfide) groups is 1. The van der Waals surface area contributed by atoms with Gasteiger partial charge < -0.3 is 10.2 Å². The fourth-order valence-electron chi connectivity index (χ4n) is 2.20. The molecule has 0 bridgehead atoms. The van der Waals surface area contributed by atoms with E-state index in [-0.39, 0.29) is 17.2 Å². The van der Waals surface area contributed by atoms with Gasteiger partial charge in [-0.05, 0) is 42.2 Å². The minimum atomic E-state index is -0.395. The second kappa shape index (κ2) is 5.17. The number of nitrogens with zero attached hydrogens (tertiary/aromatic N) is 1. The molecule has 1 aromatic rings. The maximum Gasteiger partial charge on any atom is 0.242 e. The Bertz CT molecular complexity index is 485. The predicted octanol–water partition coefficient (Wildman–Crippen LogP) is 1.99. The molecule has 0 spiro atoms. The lowest BCUT2D eigenvalue weighted by atomic mass is 10.2. The number of rotatable bonds is 4. The van der Waals surface area contributed by atoms with E-state index in [4.69, 9.17) is 0 Å². The summed E-state index contributed by atoms with van der Waals surface area (Å²) >= 11 is 3.22. The summed E-state index contributed by atoms with van der Waals surface area (Å²) in [5.41, 5.74) is 1.12. The Balaban J connectivity index is 1.75. The summed E-state index contributed by atoms with van der Waals surface area (Å²) in [5, 5.41) is 7.02. The lowest BCUT2D eigenvalue weighted by molar-refractivity contribution is -0.137. The minimum Gasteiger partial charge on any atom is -0.352 e. The monoisotopic (exact) mass is 296 g/mol. The molecule has 0 unspecified atom stereocenters. The van der Waals surface area contributed by atoms with E-state index in [1.165, 1.54) is 0 Å². The van der Waals surface area contributed by atoms with Gasteiger partial charge in [-0.15, -0.1) is 11.8 Å². The largest absolute Gasteiger partial charge is 0.352 e. The SMILES string of the molecule is C[C@H](C(=O)NC1CC1)N1C(=O)CS[C@@H]1c1ccsc1. The van der Waals surface area contributed by atoms with Crippen molar-refractivity contribution in [1.82, 2.24) is 10.2 Å². The molecule has 1 aromatic heterocycles. The Kier molecular flexibility index (Phi) is 3.54. The van der Waals surface area contributed by atoms with Crippen LogP contribution >= 0.6 is 23.1 Å². The lowest BCUT2D eigenvalue weighted by Crippen LogP contribution is -2.47. The third-order valence-corrected chi connectivity index (χ3v) is 5.38. The van der Waals surface area contributed by atoms with Crippen LogP contribution in [0.4, 0.5) is 0 Å². The van der Waals surface area contributed by atoms with E-state index in [0.29, 0.717) is 11.8 Å². The molecule has 2 amide bonds. The van der Waals surface area contributed by atoms with E-state index in [2.05, 4.69) is 10.7 Å². The molecule has 1 saturated carbocycles. The standard InChI is InChI=1S/C13H16N2O2S2/c1-8(12(17)14-10-2-3-10)15-11(16)7-19-13(15)9-4-5-18-6-9/h4-6,8,10,13H,2-3,7H2,1H3,(H,14,17)/t8-,13-/m1/s1. The van der Waals surface area contributed by atoms with Crippen LogP contribution in [0.1, 0.15) is 30.7 Å². The summed E-state index contributed by atoms with van der Waals surface area (Å²) in [5.74, 6) is 0.486. The van der Waals surface area contributed by atoms with Crippen molar-refractivity contribution >= 4 is 34.9 Å². The molecule has 1 aliphatic heterocycles. The van der Waals surface area contributed by atoms with Crippen molar-refractivity contribution in [2.45, 2.75) is 37.2 Å². The second-order valence-electron chi connectivity index (χ2n) is 4.98. The zero-order valence-corrected chi connectivity index (χ0v) is 12.3. The van der Waals surface area contributed by atoms with E-state index in [1.54, 1.807) is 28.0 Å². The Morgan fingerprint density at radius 3 is 2.95 bits per heavy atom. The van der Waals surface area contributed by atoms with Crippen LogP contribution in [0.3, 0.4) is 0 Å². The molecule has 0 radical (unpaired) electrons. The Hall–Kier alpha value is -1.01. The van der Waals surface area contributed by atoms with E-state index in [9.17, 15) is 9.59 Å². The molecule has 2 aliphatic rings. The van der Waals surface area contributed by atoms with Crippen LogP contribution in [0.2, 0.25) is 0 Å². The Morgan fingerprint density at radius 2 is 2.32 bits per heavy atom. The maximum absolute atomic E-state index is 12.1. The first kappa shape index (κ1) is 13.0. The first-order chi connectivity index (χ1) is 9.16. The van der Waals surface area contributed by atoms with Gasteiger partial charge in [-0.3, -0.25) is 9.59 Å². The third kappa shape index (κ3) is 2.65. The number of amides is 2. The van der Waals surface area contributed by atoms with E-state index >= 15 is 0 Å². The molecule has 2 atom stereocenters. The van der Waals surface area contributed by atoms with Crippen molar-refractivity contribution in [2.24, 2.45) is 0 Å². The topological polar surface area (TPSA) is 49.4 Å². The van der Waals surface area contributed by atoms with E-state index in [0.717, 1.165) is 18.4 Å². The molecule has 1 saturated heterocycles. The number of carbonyl (C=O) groups excluding carboxylic acids is 2. The second-order valence-corrected chi connectivity index (χ2v) is 6.83. The van der Waals surface area contributed by atoms with Gasteiger partial charge in [0.2, 0.25) is 11.8 Å². The Labute approximate surface area is 120 Å². The quantitative estimate of drug-likeness (QED) is 0.924. The van der Waals surface area contributed by atoms with Gasteiger partial charge in [-0.1, -0.05) is 0 Å². The number of hydrogen-bond donors (Lipinski definition) is 1. The van der Waals surface area contributed by atoms with Crippen molar-refractivity contribution < 1.29 is 9.59 Å². The first-order valence-electron chi connectivity index (χ1n) is 6.42. The highest BCUT2D eigenvalue weighted by Gasteiger charge is 2.39. The zero-order valence-electron chi connectivity index (χ0n) is 10.7. The van der Waals surface area contributed by atoms with Gasteiger partial charge in [-0.25, -0.2) is 0 Å². The predicted molar refractivity (Wildman–Crippen MR) is 77.0 cm³/mol. The summed E-state index contributed by atoms with van der Waals surface area (Å²) in [7, 11) is 0. The van der Waals surface area contributed by atoms with Crippen LogP contribution in [0.25, 0.3) is 0 Å². The molecule has 2 fully saturated rings. The van der Waals surface area contributed by atoms with Gasteiger partial charge in [0.1, 0.15) is 11.4 Å². The van der Waals surface area contributed by atoms with Crippen molar-refractivity contribution in [3.63, 3.8) is 0 Å². The maximum atomic E-state index is 12.1. The highest BCUT2D eigenvalue weighted by atomic mass is 32.2. The third-order valence-electron chi connectivity index (χ3n) is 3.45. The summed E-state index contributed by atoms with van der Waals surface area (Å²) in [6, 6.07) is 1.97. The highest BCUT2D eigenvalue weighted by Crippen LogP contribution is 2.40. The molecule has 19 heavy (non-hydrogen) atoms.